The van der Waals surface area contributed by atoms with Crippen molar-refractivity contribution in [3.05, 3.63) is 31.6 Å². The Balaban J connectivity index is 1.25. The lowest BCUT2D eigenvalue weighted by atomic mass is 9.43. The molecular formula is C32H51. The largest absolute Gasteiger partial charge is 0.0628 e. The van der Waals surface area contributed by atoms with Crippen LogP contribution in [-0.4, -0.2) is 0 Å². The molecule has 0 N–H and O–H groups in total. The molecule has 0 aromatic carbocycles. The van der Waals surface area contributed by atoms with E-state index in [-0.39, 0.29) is 0 Å². The van der Waals surface area contributed by atoms with Gasteiger partial charge in [0.2, 0.25) is 0 Å². The summed E-state index contributed by atoms with van der Waals surface area (Å²) in [5, 5.41) is 0. The summed E-state index contributed by atoms with van der Waals surface area (Å²) in [5.41, 5.74) is 1.28. The Hall–Kier alpha value is 0. The zero-order valence-electron chi connectivity index (χ0n) is 21.9. The van der Waals surface area contributed by atoms with E-state index < -0.39 is 0 Å². The number of fused-ring (bicyclic) bond motifs is 5. The molecule has 5 fully saturated rings. The SMILES string of the molecule is CC(C)CCC[C@@H](C)[C@H]1CC[C@H]2[C@@H]3CC[C@H]4C[C@@H]([C]5[CH][CH][CH][CH]5)CC[C@]4(C)[C@H]3CC[C@]12C. The molecule has 0 aromatic rings. The molecule has 0 unspecified atom stereocenters. The summed E-state index contributed by atoms with van der Waals surface area (Å²) in [6.07, 6.45) is 27.3. The van der Waals surface area contributed by atoms with Crippen molar-refractivity contribution in [2.75, 3.05) is 0 Å². The Morgan fingerprint density at radius 3 is 2.28 bits per heavy atom. The van der Waals surface area contributed by atoms with Crippen molar-refractivity contribution < 1.29 is 0 Å². The highest BCUT2D eigenvalue weighted by molar-refractivity contribution is 5.37. The van der Waals surface area contributed by atoms with Crippen LogP contribution in [0, 0.1) is 89.8 Å². The fourth-order valence-electron chi connectivity index (χ4n) is 10.2. The Kier molecular flexibility index (Phi) is 6.84. The van der Waals surface area contributed by atoms with E-state index >= 15 is 0 Å². The first-order valence-electron chi connectivity index (χ1n) is 14.5. The molecule has 5 aliphatic carbocycles. The molecule has 0 amide bonds. The summed E-state index contributed by atoms with van der Waals surface area (Å²) >= 11 is 0. The van der Waals surface area contributed by atoms with E-state index in [1.165, 1.54) is 57.8 Å². The third-order valence-electron chi connectivity index (χ3n) is 12.0. The van der Waals surface area contributed by atoms with Crippen LogP contribution in [0.3, 0.4) is 0 Å². The Labute approximate surface area is 201 Å². The van der Waals surface area contributed by atoms with Gasteiger partial charge in [0.05, 0.1) is 0 Å². The summed E-state index contributed by atoms with van der Waals surface area (Å²) in [6, 6.07) is 0. The molecule has 0 aromatic heterocycles. The molecule has 32 heavy (non-hydrogen) atoms. The second-order valence-electron chi connectivity index (χ2n) is 13.9. The van der Waals surface area contributed by atoms with E-state index in [0.29, 0.717) is 10.8 Å². The lowest BCUT2D eigenvalue weighted by Crippen LogP contribution is -2.54. The van der Waals surface area contributed by atoms with E-state index in [1.807, 2.05) is 0 Å². The van der Waals surface area contributed by atoms with Crippen molar-refractivity contribution in [3.8, 4) is 0 Å². The average Bonchev–Trinajstić information content (AvgIpc) is 3.40. The van der Waals surface area contributed by atoms with E-state index in [9.17, 15) is 0 Å². The second kappa shape index (κ2) is 9.22. The van der Waals surface area contributed by atoms with Crippen LogP contribution in [0.2, 0.25) is 0 Å². The molecule has 5 rings (SSSR count). The fourth-order valence-corrected chi connectivity index (χ4v) is 10.2. The van der Waals surface area contributed by atoms with Crippen LogP contribution < -0.4 is 0 Å². The Bertz CT molecular complexity index is 628. The van der Waals surface area contributed by atoms with Gasteiger partial charge in [-0.1, -0.05) is 53.9 Å². The third-order valence-corrected chi connectivity index (χ3v) is 12.0. The highest BCUT2D eigenvalue weighted by Gasteiger charge is 2.60. The predicted molar refractivity (Wildman–Crippen MR) is 137 cm³/mol. The minimum atomic E-state index is 0.633. The fraction of sp³-hybridized carbons (Fsp3) is 0.844. The van der Waals surface area contributed by atoms with Crippen molar-refractivity contribution in [3.63, 3.8) is 0 Å². The van der Waals surface area contributed by atoms with E-state index in [2.05, 4.69) is 60.3 Å². The first-order chi connectivity index (χ1) is 15.3. The zero-order chi connectivity index (χ0) is 22.5. The van der Waals surface area contributed by atoms with Gasteiger partial charge in [-0.05, 0) is 148 Å². The molecule has 9 atom stereocenters. The molecule has 0 nitrogen and oxygen atoms in total. The van der Waals surface area contributed by atoms with E-state index in [0.717, 1.165) is 47.3 Å². The zero-order valence-corrected chi connectivity index (χ0v) is 21.9. The molecule has 0 heterocycles. The molecule has 0 bridgehead atoms. The second-order valence-corrected chi connectivity index (χ2v) is 13.9. The van der Waals surface area contributed by atoms with Crippen LogP contribution >= 0.6 is 0 Å². The summed E-state index contributed by atoms with van der Waals surface area (Å²) < 4.78 is 0. The molecule has 5 saturated carbocycles. The van der Waals surface area contributed by atoms with Crippen LogP contribution in [0.4, 0.5) is 0 Å². The quantitative estimate of drug-likeness (QED) is 0.390. The summed E-state index contributed by atoms with van der Waals surface area (Å²) in [7, 11) is 0. The van der Waals surface area contributed by atoms with Gasteiger partial charge in [-0.2, -0.15) is 0 Å². The van der Waals surface area contributed by atoms with Gasteiger partial charge in [-0.3, -0.25) is 0 Å². The first kappa shape index (κ1) is 23.7. The van der Waals surface area contributed by atoms with Crippen LogP contribution in [0.5, 0.6) is 0 Å². The van der Waals surface area contributed by atoms with E-state index in [1.54, 1.807) is 25.2 Å². The highest BCUT2D eigenvalue weighted by Crippen LogP contribution is 2.69. The maximum atomic E-state index is 2.76. The monoisotopic (exact) mass is 435 g/mol. The van der Waals surface area contributed by atoms with Crippen molar-refractivity contribution >= 4 is 0 Å². The molecule has 179 valence electrons. The molecule has 0 heteroatoms. The summed E-state index contributed by atoms with van der Waals surface area (Å²) in [4.78, 5) is 0. The molecule has 0 saturated heterocycles. The van der Waals surface area contributed by atoms with Crippen molar-refractivity contribution in [1.29, 1.82) is 0 Å². The van der Waals surface area contributed by atoms with Gasteiger partial charge < -0.3 is 0 Å². The van der Waals surface area contributed by atoms with Gasteiger partial charge in [0.25, 0.3) is 0 Å². The predicted octanol–water partition coefficient (Wildman–Crippen LogP) is 9.13. The summed E-state index contributed by atoms with van der Waals surface area (Å²) in [5.74, 6) is 9.36. The minimum absolute atomic E-state index is 0.633. The standard InChI is InChI=1S/C32H51/c1-22(2)9-8-10-23(3)28-15-16-29-27-14-13-26-21-25(24-11-6-7-12-24)17-19-31(26,4)30(27)18-20-32(28,29)5/h6-7,11-12,22-23,25-30H,8-10,13-21H2,1-5H3/t23-,25+,26+,27+,28-,29+,30+,31+,32-/m1/s1. The highest BCUT2D eigenvalue weighted by atomic mass is 14.7. The molecular weight excluding hydrogens is 384 g/mol. The first-order valence-corrected chi connectivity index (χ1v) is 14.5. The normalized spacial score (nSPS) is 47.8. The van der Waals surface area contributed by atoms with Crippen molar-refractivity contribution in [2.24, 2.45) is 58.2 Å². The van der Waals surface area contributed by atoms with Gasteiger partial charge >= 0.3 is 0 Å². The van der Waals surface area contributed by atoms with Crippen LogP contribution in [-0.2, 0) is 0 Å². The summed E-state index contributed by atoms with van der Waals surface area (Å²) in [6.45, 7) is 12.9. The maximum absolute atomic E-state index is 2.76. The van der Waals surface area contributed by atoms with Crippen LogP contribution in [0.25, 0.3) is 0 Å². The van der Waals surface area contributed by atoms with Crippen LogP contribution in [0.1, 0.15) is 112 Å². The average molecular weight is 436 g/mol. The number of rotatable bonds is 6. The molecule has 5 aliphatic rings. The van der Waals surface area contributed by atoms with Crippen LogP contribution in [0.15, 0.2) is 0 Å². The Morgan fingerprint density at radius 2 is 1.53 bits per heavy atom. The Morgan fingerprint density at radius 1 is 0.812 bits per heavy atom. The molecule has 0 aliphatic heterocycles. The molecule has 0 spiro atoms. The lowest BCUT2D eigenvalue weighted by molar-refractivity contribution is -0.120. The third kappa shape index (κ3) is 4.04. The molecule has 5 radical (unpaired) electrons. The van der Waals surface area contributed by atoms with Gasteiger partial charge in [0, 0.05) is 0 Å². The van der Waals surface area contributed by atoms with Gasteiger partial charge in [-0.25, -0.2) is 0 Å². The maximum Gasteiger partial charge on any atom is -0.0136 e. The lowest BCUT2D eigenvalue weighted by Gasteiger charge is -2.61. The topological polar surface area (TPSA) is 0 Å². The van der Waals surface area contributed by atoms with E-state index in [4.69, 9.17) is 0 Å². The van der Waals surface area contributed by atoms with Crippen molar-refractivity contribution in [2.45, 2.75) is 112 Å². The number of hydrogen-bond donors (Lipinski definition) is 0. The van der Waals surface area contributed by atoms with Crippen molar-refractivity contribution in [1.82, 2.24) is 0 Å². The van der Waals surface area contributed by atoms with Gasteiger partial charge in [0.15, 0.2) is 0 Å². The van der Waals surface area contributed by atoms with Gasteiger partial charge in [0.1, 0.15) is 0 Å². The number of hydrogen-bond acceptors (Lipinski definition) is 0. The van der Waals surface area contributed by atoms with Gasteiger partial charge in [-0.15, -0.1) is 0 Å². The minimum Gasteiger partial charge on any atom is -0.0628 e. The smallest absolute Gasteiger partial charge is 0.0136 e.